The third-order valence-electron chi connectivity index (χ3n) is 2.51. The van der Waals surface area contributed by atoms with E-state index in [1.165, 1.54) is 0 Å². The quantitative estimate of drug-likeness (QED) is 0.660. The van der Waals surface area contributed by atoms with E-state index in [-0.39, 0.29) is 11.0 Å². The van der Waals surface area contributed by atoms with Gasteiger partial charge in [-0.15, -0.1) is 0 Å². The van der Waals surface area contributed by atoms with Crippen LogP contribution in [-0.4, -0.2) is 17.6 Å². The van der Waals surface area contributed by atoms with Crippen molar-refractivity contribution in [2.24, 2.45) is 5.41 Å². The van der Waals surface area contributed by atoms with Crippen LogP contribution in [-0.2, 0) is 4.79 Å². The Bertz CT molecular complexity index is 530. The van der Waals surface area contributed by atoms with Gasteiger partial charge in [-0.2, -0.15) is 0 Å². The Labute approximate surface area is 131 Å². The Balaban J connectivity index is 2.54. The van der Waals surface area contributed by atoms with Crippen LogP contribution in [0.4, 0.5) is 5.69 Å². The van der Waals surface area contributed by atoms with Crippen LogP contribution in [0.5, 0.6) is 5.75 Å². The molecule has 2 N–H and O–H groups in total. The summed E-state index contributed by atoms with van der Waals surface area (Å²) in [5.74, 6) is 0.634. The van der Waals surface area contributed by atoms with Gasteiger partial charge < -0.3 is 15.4 Å². The predicted molar refractivity (Wildman–Crippen MR) is 90.6 cm³/mol. The molecule has 21 heavy (non-hydrogen) atoms. The fourth-order valence-corrected chi connectivity index (χ4v) is 1.50. The maximum Gasteiger partial charge on any atom is 0.231 e. The third kappa shape index (κ3) is 6.40. The number of thiocarbonyl (C=S) groups is 1. The van der Waals surface area contributed by atoms with Crippen LogP contribution < -0.4 is 15.4 Å². The summed E-state index contributed by atoms with van der Waals surface area (Å²) in [5.41, 5.74) is 1.27. The summed E-state index contributed by atoms with van der Waals surface area (Å²) in [5, 5.41) is 5.91. The van der Waals surface area contributed by atoms with Crippen LogP contribution in [0.25, 0.3) is 0 Å². The molecule has 1 amide bonds. The molecule has 0 spiro atoms. The first kappa shape index (κ1) is 17.2. The molecule has 0 atom stereocenters. The zero-order chi connectivity index (χ0) is 16.0. The summed E-state index contributed by atoms with van der Waals surface area (Å²) in [4.78, 5) is 11.8. The van der Waals surface area contributed by atoms with Gasteiger partial charge in [-0.05, 0) is 49.0 Å². The van der Waals surface area contributed by atoms with Crippen molar-refractivity contribution in [3.63, 3.8) is 0 Å². The van der Waals surface area contributed by atoms with Crippen LogP contribution in [0.15, 0.2) is 36.4 Å². The van der Waals surface area contributed by atoms with E-state index in [2.05, 4.69) is 17.2 Å². The van der Waals surface area contributed by atoms with Gasteiger partial charge in [0.1, 0.15) is 12.4 Å². The van der Waals surface area contributed by atoms with Gasteiger partial charge in [-0.1, -0.05) is 27.4 Å². The molecule has 0 saturated carbocycles. The van der Waals surface area contributed by atoms with Gasteiger partial charge >= 0.3 is 0 Å². The van der Waals surface area contributed by atoms with Crippen molar-refractivity contribution in [1.82, 2.24) is 5.32 Å². The number of carbonyl (C=O) groups excluding carboxylic acids is 1. The van der Waals surface area contributed by atoms with E-state index in [1.807, 2.05) is 52.0 Å². The minimum atomic E-state index is -0.480. The number of hydrogen-bond acceptors (Lipinski definition) is 3. The topological polar surface area (TPSA) is 50.4 Å². The molecule has 1 aromatic rings. The van der Waals surface area contributed by atoms with Gasteiger partial charge in [0, 0.05) is 11.1 Å². The number of carbonyl (C=O) groups is 1. The molecule has 114 valence electrons. The molecule has 0 unspecified atom stereocenters. The highest BCUT2D eigenvalue weighted by atomic mass is 32.1. The first-order chi connectivity index (χ1) is 9.68. The molecule has 1 rings (SSSR count). The van der Waals surface area contributed by atoms with Crippen LogP contribution in [0.2, 0.25) is 0 Å². The summed E-state index contributed by atoms with van der Waals surface area (Å²) in [6, 6.07) is 7.34. The Morgan fingerprint density at radius 3 is 2.33 bits per heavy atom. The smallest absolute Gasteiger partial charge is 0.231 e. The minimum absolute atomic E-state index is 0.124. The zero-order valence-corrected chi connectivity index (χ0v) is 13.8. The molecular formula is C16H22N2O2S. The normalized spacial score (nSPS) is 10.7. The second-order valence-electron chi connectivity index (χ2n) is 5.93. The number of hydrogen-bond donors (Lipinski definition) is 2. The first-order valence-corrected chi connectivity index (χ1v) is 7.09. The van der Waals surface area contributed by atoms with Crippen molar-refractivity contribution in [3.05, 3.63) is 36.4 Å². The largest absolute Gasteiger partial charge is 0.489 e. The lowest BCUT2D eigenvalue weighted by Gasteiger charge is -2.18. The number of rotatable bonds is 4. The highest BCUT2D eigenvalue weighted by molar-refractivity contribution is 7.80. The second-order valence-corrected chi connectivity index (χ2v) is 6.34. The van der Waals surface area contributed by atoms with E-state index in [0.29, 0.717) is 6.61 Å². The average Bonchev–Trinajstić information content (AvgIpc) is 2.36. The van der Waals surface area contributed by atoms with E-state index in [4.69, 9.17) is 17.0 Å². The average molecular weight is 306 g/mol. The highest BCUT2D eigenvalue weighted by Gasteiger charge is 2.21. The summed E-state index contributed by atoms with van der Waals surface area (Å²) < 4.78 is 5.51. The third-order valence-corrected chi connectivity index (χ3v) is 2.71. The standard InChI is InChI=1S/C16H22N2O2S/c1-11(2)10-20-13-8-6-12(7-9-13)17-15(21)18-14(19)16(3,4)5/h6-9H,1,10H2,2-5H3,(H2,17,18,19,21). The van der Waals surface area contributed by atoms with Crippen molar-refractivity contribution in [3.8, 4) is 5.75 Å². The van der Waals surface area contributed by atoms with E-state index in [1.54, 1.807) is 0 Å². The Morgan fingerprint density at radius 1 is 1.29 bits per heavy atom. The molecule has 0 aliphatic heterocycles. The van der Waals surface area contributed by atoms with Gasteiger partial charge in [0.05, 0.1) is 0 Å². The van der Waals surface area contributed by atoms with E-state index in [9.17, 15) is 4.79 Å². The van der Waals surface area contributed by atoms with E-state index >= 15 is 0 Å². The van der Waals surface area contributed by atoms with Crippen molar-refractivity contribution >= 4 is 28.9 Å². The molecule has 0 fully saturated rings. The highest BCUT2D eigenvalue weighted by Crippen LogP contribution is 2.17. The molecule has 1 aromatic carbocycles. The number of anilines is 1. The number of nitrogens with one attached hydrogen (secondary N) is 2. The molecule has 0 radical (unpaired) electrons. The minimum Gasteiger partial charge on any atom is -0.489 e. The number of benzene rings is 1. The summed E-state index contributed by atoms with van der Waals surface area (Å²) in [6.07, 6.45) is 0. The van der Waals surface area contributed by atoms with Crippen molar-refractivity contribution < 1.29 is 9.53 Å². The fourth-order valence-electron chi connectivity index (χ4n) is 1.29. The number of ether oxygens (including phenoxy) is 1. The molecule has 0 aliphatic carbocycles. The lowest BCUT2D eigenvalue weighted by molar-refractivity contribution is -0.126. The SMILES string of the molecule is C=C(C)COc1ccc(NC(=S)NC(=O)C(C)(C)C)cc1. The summed E-state index contributed by atoms with van der Waals surface area (Å²) >= 11 is 5.11. The summed E-state index contributed by atoms with van der Waals surface area (Å²) in [7, 11) is 0. The molecule has 0 saturated heterocycles. The monoisotopic (exact) mass is 306 g/mol. The Morgan fingerprint density at radius 2 is 1.86 bits per heavy atom. The van der Waals surface area contributed by atoms with Crippen LogP contribution in [0.1, 0.15) is 27.7 Å². The fraction of sp³-hybridized carbons (Fsp3) is 0.375. The Hall–Kier alpha value is -1.88. The molecule has 5 heteroatoms. The van der Waals surface area contributed by atoms with Crippen molar-refractivity contribution in [2.75, 3.05) is 11.9 Å². The van der Waals surface area contributed by atoms with Gasteiger partial charge in [0.2, 0.25) is 5.91 Å². The first-order valence-electron chi connectivity index (χ1n) is 6.68. The van der Waals surface area contributed by atoms with Crippen molar-refractivity contribution in [1.29, 1.82) is 0 Å². The zero-order valence-electron chi connectivity index (χ0n) is 12.9. The van der Waals surface area contributed by atoms with Crippen LogP contribution in [0, 0.1) is 5.41 Å². The lowest BCUT2D eigenvalue weighted by Crippen LogP contribution is -2.41. The van der Waals surface area contributed by atoms with Crippen LogP contribution in [0.3, 0.4) is 0 Å². The molecule has 0 aromatic heterocycles. The Kier molecular flexibility index (Phi) is 5.90. The van der Waals surface area contributed by atoms with Gasteiger partial charge in [0.25, 0.3) is 0 Å². The lowest BCUT2D eigenvalue weighted by atomic mass is 9.96. The van der Waals surface area contributed by atoms with E-state index < -0.39 is 5.41 Å². The second kappa shape index (κ2) is 7.22. The predicted octanol–water partition coefficient (Wildman–Crippen LogP) is 3.50. The van der Waals surface area contributed by atoms with Crippen LogP contribution >= 0.6 is 12.2 Å². The summed E-state index contributed by atoms with van der Waals surface area (Å²) in [6.45, 7) is 11.7. The molecular weight excluding hydrogens is 284 g/mol. The molecule has 4 nitrogen and oxygen atoms in total. The van der Waals surface area contributed by atoms with Gasteiger partial charge in [-0.3, -0.25) is 4.79 Å². The van der Waals surface area contributed by atoms with Gasteiger partial charge in [-0.25, -0.2) is 0 Å². The van der Waals surface area contributed by atoms with E-state index in [0.717, 1.165) is 17.0 Å². The molecule has 0 heterocycles. The molecule has 0 bridgehead atoms. The maximum absolute atomic E-state index is 11.8. The maximum atomic E-state index is 11.8. The number of amides is 1. The van der Waals surface area contributed by atoms with Gasteiger partial charge in [0.15, 0.2) is 5.11 Å². The molecule has 0 aliphatic rings. The van der Waals surface area contributed by atoms with Crippen molar-refractivity contribution in [2.45, 2.75) is 27.7 Å².